The van der Waals surface area contributed by atoms with Crippen LogP contribution in [0.4, 0.5) is 0 Å². The molecule has 2 heterocycles. The third kappa shape index (κ3) is 4.69. The third-order valence-electron chi connectivity index (χ3n) is 4.58. The SMILES string of the molecule is O=C(NCC1CCCN(C(=O)c2cccc(C(=O)O)n2)C1)c1ccccc1. The molecule has 140 valence electrons. The van der Waals surface area contributed by atoms with Gasteiger partial charge in [-0.05, 0) is 43.0 Å². The summed E-state index contributed by atoms with van der Waals surface area (Å²) in [4.78, 5) is 41.5. The van der Waals surface area contributed by atoms with Gasteiger partial charge in [-0.3, -0.25) is 9.59 Å². The predicted molar refractivity (Wildman–Crippen MR) is 98.6 cm³/mol. The van der Waals surface area contributed by atoms with Crippen LogP contribution in [0.15, 0.2) is 48.5 Å². The molecule has 2 aromatic rings. The number of piperidine rings is 1. The zero-order valence-electron chi connectivity index (χ0n) is 14.8. The number of carbonyl (C=O) groups excluding carboxylic acids is 2. The smallest absolute Gasteiger partial charge is 0.354 e. The maximum absolute atomic E-state index is 12.7. The Hall–Kier alpha value is -3.22. The van der Waals surface area contributed by atoms with Gasteiger partial charge < -0.3 is 15.3 Å². The van der Waals surface area contributed by atoms with Crippen LogP contribution in [0.2, 0.25) is 0 Å². The van der Waals surface area contributed by atoms with Crippen molar-refractivity contribution in [2.45, 2.75) is 12.8 Å². The van der Waals surface area contributed by atoms with Gasteiger partial charge in [0.25, 0.3) is 11.8 Å². The van der Waals surface area contributed by atoms with E-state index in [1.165, 1.54) is 18.2 Å². The quantitative estimate of drug-likeness (QED) is 0.843. The minimum atomic E-state index is -1.16. The molecule has 7 nitrogen and oxygen atoms in total. The zero-order chi connectivity index (χ0) is 19.2. The van der Waals surface area contributed by atoms with Crippen LogP contribution in [0, 0.1) is 5.92 Å². The minimum Gasteiger partial charge on any atom is -0.477 e. The van der Waals surface area contributed by atoms with Gasteiger partial charge in [0.2, 0.25) is 0 Å². The number of carbonyl (C=O) groups is 3. The van der Waals surface area contributed by atoms with Gasteiger partial charge in [0.05, 0.1) is 0 Å². The molecule has 1 aliphatic rings. The first kappa shape index (κ1) is 18.6. The molecule has 0 aliphatic carbocycles. The molecule has 0 spiro atoms. The number of aromatic carboxylic acids is 1. The van der Waals surface area contributed by atoms with E-state index in [2.05, 4.69) is 10.3 Å². The molecule has 1 saturated heterocycles. The van der Waals surface area contributed by atoms with E-state index in [1.54, 1.807) is 17.0 Å². The van der Waals surface area contributed by atoms with Gasteiger partial charge in [-0.15, -0.1) is 0 Å². The summed E-state index contributed by atoms with van der Waals surface area (Å²) in [6.45, 7) is 1.59. The largest absolute Gasteiger partial charge is 0.477 e. The summed E-state index contributed by atoms with van der Waals surface area (Å²) in [5, 5.41) is 12.0. The number of nitrogens with one attached hydrogen (secondary N) is 1. The normalized spacial score (nSPS) is 16.6. The second-order valence-corrected chi connectivity index (χ2v) is 6.55. The standard InChI is InChI=1S/C20H21N3O4/c24-18(15-7-2-1-3-8-15)21-12-14-6-5-11-23(13-14)19(25)16-9-4-10-17(22-16)20(26)27/h1-4,7-10,14H,5-6,11-13H2,(H,21,24)(H,26,27). The van der Waals surface area contributed by atoms with Crippen LogP contribution >= 0.6 is 0 Å². The number of carboxylic acid groups (broad SMARTS) is 1. The van der Waals surface area contributed by atoms with Crippen LogP contribution in [0.25, 0.3) is 0 Å². The second-order valence-electron chi connectivity index (χ2n) is 6.55. The fourth-order valence-electron chi connectivity index (χ4n) is 3.18. The van der Waals surface area contributed by atoms with E-state index < -0.39 is 5.97 Å². The van der Waals surface area contributed by atoms with Gasteiger partial charge in [-0.2, -0.15) is 0 Å². The monoisotopic (exact) mass is 367 g/mol. The van der Waals surface area contributed by atoms with Crippen molar-refractivity contribution in [3.8, 4) is 0 Å². The fourth-order valence-corrected chi connectivity index (χ4v) is 3.18. The number of hydrogen-bond donors (Lipinski definition) is 2. The fraction of sp³-hybridized carbons (Fsp3) is 0.300. The highest BCUT2D eigenvalue weighted by Gasteiger charge is 2.26. The average Bonchev–Trinajstić information content (AvgIpc) is 2.72. The van der Waals surface area contributed by atoms with Crippen LogP contribution in [0.5, 0.6) is 0 Å². The van der Waals surface area contributed by atoms with Crippen molar-refractivity contribution in [1.82, 2.24) is 15.2 Å². The Kier molecular flexibility index (Phi) is 5.80. The van der Waals surface area contributed by atoms with Crippen LogP contribution < -0.4 is 5.32 Å². The lowest BCUT2D eigenvalue weighted by Crippen LogP contribution is -2.44. The Bertz CT molecular complexity index is 838. The summed E-state index contributed by atoms with van der Waals surface area (Å²) in [6, 6.07) is 13.4. The first-order valence-corrected chi connectivity index (χ1v) is 8.87. The summed E-state index contributed by atoms with van der Waals surface area (Å²) in [5.74, 6) is -1.42. The summed E-state index contributed by atoms with van der Waals surface area (Å²) in [5.41, 5.74) is 0.587. The van der Waals surface area contributed by atoms with Crippen LogP contribution in [0.1, 0.15) is 44.2 Å². The van der Waals surface area contributed by atoms with Crippen LogP contribution in [0.3, 0.4) is 0 Å². The summed E-state index contributed by atoms with van der Waals surface area (Å²) < 4.78 is 0. The number of pyridine rings is 1. The summed E-state index contributed by atoms with van der Waals surface area (Å²) >= 11 is 0. The highest BCUT2D eigenvalue weighted by molar-refractivity contribution is 5.95. The Morgan fingerprint density at radius 3 is 2.56 bits per heavy atom. The molecule has 3 rings (SSSR count). The molecule has 1 atom stereocenters. The van der Waals surface area contributed by atoms with Gasteiger partial charge >= 0.3 is 5.97 Å². The molecule has 1 unspecified atom stereocenters. The third-order valence-corrected chi connectivity index (χ3v) is 4.58. The van der Waals surface area contributed by atoms with Crippen LogP contribution in [-0.4, -0.2) is 52.4 Å². The molecule has 0 radical (unpaired) electrons. The van der Waals surface area contributed by atoms with Crippen molar-refractivity contribution in [2.24, 2.45) is 5.92 Å². The highest BCUT2D eigenvalue weighted by Crippen LogP contribution is 2.18. The topological polar surface area (TPSA) is 99.6 Å². The first-order chi connectivity index (χ1) is 13.0. The molecule has 2 N–H and O–H groups in total. The minimum absolute atomic E-state index is 0.129. The van der Waals surface area contributed by atoms with E-state index in [9.17, 15) is 14.4 Å². The number of hydrogen-bond acceptors (Lipinski definition) is 4. The van der Waals surface area contributed by atoms with E-state index in [-0.39, 0.29) is 29.1 Å². The predicted octanol–water partition coefficient (Wildman–Crippen LogP) is 2.06. The lowest BCUT2D eigenvalue weighted by Gasteiger charge is -2.32. The van der Waals surface area contributed by atoms with E-state index in [0.717, 1.165) is 12.8 Å². The van der Waals surface area contributed by atoms with Gasteiger partial charge in [-0.25, -0.2) is 9.78 Å². The molecular formula is C20H21N3O4. The van der Waals surface area contributed by atoms with Crippen LogP contribution in [-0.2, 0) is 0 Å². The molecule has 1 aliphatic heterocycles. The van der Waals surface area contributed by atoms with E-state index >= 15 is 0 Å². The summed E-state index contributed by atoms with van der Waals surface area (Å²) in [7, 11) is 0. The van der Waals surface area contributed by atoms with E-state index in [4.69, 9.17) is 5.11 Å². The van der Waals surface area contributed by atoms with Crippen molar-refractivity contribution < 1.29 is 19.5 Å². The van der Waals surface area contributed by atoms with E-state index in [1.807, 2.05) is 18.2 Å². The Balaban J connectivity index is 1.59. The number of likely N-dealkylation sites (tertiary alicyclic amines) is 1. The lowest BCUT2D eigenvalue weighted by molar-refractivity contribution is 0.0663. The molecule has 0 saturated carbocycles. The summed E-state index contributed by atoms with van der Waals surface area (Å²) in [6.07, 6.45) is 1.75. The molecule has 27 heavy (non-hydrogen) atoms. The Labute approximate surface area is 157 Å². The number of amides is 2. The molecule has 1 fully saturated rings. The van der Waals surface area contributed by atoms with Crippen molar-refractivity contribution in [2.75, 3.05) is 19.6 Å². The number of nitrogens with zero attached hydrogens (tertiary/aromatic N) is 2. The molecule has 7 heteroatoms. The molecule has 1 aromatic heterocycles. The Morgan fingerprint density at radius 1 is 1.07 bits per heavy atom. The maximum atomic E-state index is 12.7. The van der Waals surface area contributed by atoms with Gasteiger partial charge in [0.1, 0.15) is 11.4 Å². The molecule has 1 aromatic carbocycles. The number of carboxylic acids is 1. The number of aromatic nitrogens is 1. The maximum Gasteiger partial charge on any atom is 0.354 e. The Morgan fingerprint density at radius 2 is 1.81 bits per heavy atom. The molecule has 0 bridgehead atoms. The zero-order valence-corrected chi connectivity index (χ0v) is 14.8. The number of benzene rings is 1. The van der Waals surface area contributed by atoms with Gasteiger partial charge in [0.15, 0.2) is 0 Å². The van der Waals surface area contributed by atoms with Gasteiger partial charge in [-0.1, -0.05) is 24.3 Å². The lowest BCUT2D eigenvalue weighted by atomic mass is 9.97. The second kappa shape index (κ2) is 8.44. The van der Waals surface area contributed by atoms with Gasteiger partial charge in [0, 0.05) is 25.2 Å². The van der Waals surface area contributed by atoms with Crippen molar-refractivity contribution in [3.05, 3.63) is 65.5 Å². The molecular weight excluding hydrogens is 346 g/mol. The van der Waals surface area contributed by atoms with Crippen molar-refractivity contribution in [3.63, 3.8) is 0 Å². The van der Waals surface area contributed by atoms with Crippen molar-refractivity contribution >= 4 is 17.8 Å². The number of rotatable bonds is 5. The highest BCUT2D eigenvalue weighted by atomic mass is 16.4. The average molecular weight is 367 g/mol. The van der Waals surface area contributed by atoms with Crippen molar-refractivity contribution in [1.29, 1.82) is 0 Å². The molecule has 2 amide bonds. The first-order valence-electron chi connectivity index (χ1n) is 8.87. The van der Waals surface area contributed by atoms with E-state index in [0.29, 0.717) is 25.2 Å².